The van der Waals surface area contributed by atoms with Crippen LogP contribution in [-0.4, -0.2) is 9.97 Å². The fourth-order valence-corrected chi connectivity index (χ4v) is 3.27. The second-order valence-electron chi connectivity index (χ2n) is 5.98. The molecule has 0 atom stereocenters. The fourth-order valence-electron chi connectivity index (χ4n) is 2.54. The van der Waals surface area contributed by atoms with Crippen LogP contribution in [0, 0.1) is 5.92 Å². The molecule has 122 valence electrons. The summed E-state index contributed by atoms with van der Waals surface area (Å²) >= 11 is 1.62. The zero-order valence-corrected chi connectivity index (χ0v) is 14.0. The highest BCUT2D eigenvalue weighted by molar-refractivity contribution is 7.16. The summed E-state index contributed by atoms with van der Waals surface area (Å²) in [4.78, 5) is 9.60. The van der Waals surface area contributed by atoms with Crippen molar-refractivity contribution in [2.24, 2.45) is 11.7 Å². The lowest BCUT2D eigenvalue weighted by atomic mass is 10.2. The highest BCUT2D eigenvalue weighted by Crippen LogP contribution is 2.33. The Kier molecular flexibility index (Phi) is 4.04. The van der Waals surface area contributed by atoms with Crippen molar-refractivity contribution in [3.63, 3.8) is 0 Å². The van der Waals surface area contributed by atoms with Gasteiger partial charge in [-0.05, 0) is 47.9 Å². The van der Waals surface area contributed by atoms with Crippen molar-refractivity contribution < 1.29 is 0 Å². The molecule has 0 radical (unpaired) electrons. The van der Waals surface area contributed by atoms with Crippen LogP contribution in [0.4, 0.5) is 11.5 Å². The van der Waals surface area contributed by atoms with E-state index < -0.39 is 0 Å². The van der Waals surface area contributed by atoms with Gasteiger partial charge in [-0.2, -0.15) is 0 Å². The van der Waals surface area contributed by atoms with Gasteiger partial charge in [0.05, 0.1) is 5.39 Å². The SMILES string of the molecule is N/C(=C\Nc1ccc(CNc2ncnc3sccc23)cc1)C1CC1. The van der Waals surface area contributed by atoms with Crippen molar-refractivity contribution in [1.29, 1.82) is 0 Å². The van der Waals surface area contributed by atoms with Crippen LogP contribution in [0.3, 0.4) is 0 Å². The van der Waals surface area contributed by atoms with Crippen LogP contribution in [0.5, 0.6) is 0 Å². The van der Waals surface area contributed by atoms with Gasteiger partial charge in [0.2, 0.25) is 0 Å². The predicted molar refractivity (Wildman–Crippen MR) is 99.8 cm³/mol. The van der Waals surface area contributed by atoms with Crippen LogP contribution in [0.2, 0.25) is 0 Å². The van der Waals surface area contributed by atoms with E-state index in [1.807, 2.05) is 17.6 Å². The number of benzene rings is 1. The average molecular weight is 337 g/mol. The third kappa shape index (κ3) is 3.33. The van der Waals surface area contributed by atoms with Gasteiger partial charge in [0, 0.05) is 24.1 Å². The summed E-state index contributed by atoms with van der Waals surface area (Å²) in [6.45, 7) is 0.724. The third-order valence-electron chi connectivity index (χ3n) is 4.13. The molecule has 5 nitrogen and oxygen atoms in total. The Morgan fingerprint density at radius 3 is 2.83 bits per heavy atom. The van der Waals surface area contributed by atoms with E-state index in [0.717, 1.165) is 34.0 Å². The van der Waals surface area contributed by atoms with Gasteiger partial charge >= 0.3 is 0 Å². The van der Waals surface area contributed by atoms with Crippen LogP contribution in [0.15, 0.2) is 53.9 Å². The molecule has 3 aromatic rings. The van der Waals surface area contributed by atoms with Crippen LogP contribution in [0.25, 0.3) is 10.2 Å². The topological polar surface area (TPSA) is 75.9 Å². The number of allylic oxidation sites excluding steroid dienone is 1. The fraction of sp³-hybridized carbons (Fsp3) is 0.222. The Balaban J connectivity index is 1.38. The first-order valence-electron chi connectivity index (χ1n) is 8.03. The maximum absolute atomic E-state index is 5.98. The number of nitrogens with one attached hydrogen (secondary N) is 2. The van der Waals surface area contributed by atoms with Crippen LogP contribution < -0.4 is 16.4 Å². The first-order chi connectivity index (χ1) is 11.8. The molecule has 0 spiro atoms. The molecule has 0 bridgehead atoms. The molecule has 0 amide bonds. The van der Waals surface area contributed by atoms with Gasteiger partial charge in [0.15, 0.2) is 0 Å². The quantitative estimate of drug-likeness (QED) is 0.635. The van der Waals surface area contributed by atoms with E-state index in [9.17, 15) is 0 Å². The summed E-state index contributed by atoms with van der Waals surface area (Å²) in [6.07, 6.45) is 5.95. The summed E-state index contributed by atoms with van der Waals surface area (Å²) in [5.41, 5.74) is 9.17. The minimum Gasteiger partial charge on any atom is -0.401 e. The zero-order chi connectivity index (χ0) is 16.4. The number of rotatable bonds is 6. The summed E-state index contributed by atoms with van der Waals surface area (Å²) in [5, 5.41) is 9.75. The summed E-state index contributed by atoms with van der Waals surface area (Å²) in [6, 6.07) is 10.4. The van der Waals surface area contributed by atoms with Gasteiger partial charge in [-0.3, -0.25) is 0 Å². The number of nitrogens with two attached hydrogens (primary N) is 1. The molecule has 4 N–H and O–H groups in total. The van der Waals surface area contributed by atoms with Gasteiger partial charge < -0.3 is 16.4 Å². The highest BCUT2D eigenvalue weighted by atomic mass is 32.1. The van der Waals surface area contributed by atoms with Crippen molar-refractivity contribution in [2.75, 3.05) is 10.6 Å². The number of thiophene rings is 1. The van der Waals surface area contributed by atoms with E-state index in [1.165, 1.54) is 18.4 Å². The molecule has 2 aromatic heterocycles. The van der Waals surface area contributed by atoms with Crippen molar-refractivity contribution in [3.8, 4) is 0 Å². The number of aromatic nitrogens is 2. The van der Waals surface area contributed by atoms with Gasteiger partial charge in [0.1, 0.15) is 17.0 Å². The summed E-state index contributed by atoms with van der Waals surface area (Å²) in [7, 11) is 0. The minimum absolute atomic E-state index is 0.586. The van der Waals surface area contributed by atoms with Gasteiger partial charge in [-0.25, -0.2) is 9.97 Å². The molecule has 1 fully saturated rings. The smallest absolute Gasteiger partial charge is 0.138 e. The van der Waals surface area contributed by atoms with E-state index in [2.05, 4.69) is 44.9 Å². The number of hydrogen-bond donors (Lipinski definition) is 3. The Hall–Kier alpha value is -2.60. The molecule has 0 unspecified atom stereocenters. The lowest BCUT2D eigenvalue weighted by Crippen LogP contribution is -2.03. The van der Waals surface area contributed by atoms with Crippen molar-refractivity contribution in [3.05, 3.63) is 59.5 Å². The van der Waals surface area contributed by atoms with E-state index in [4.69, 9.17) is 5.73 Å². The van der Waals surface area contributed by atoms with Crippen LogP contribution in [-0.2, 0) is 6.54 Å². The summed E-state index contributed by atoms with van der Waals surface area (Å²) in [5.74, 6) is 1.46. The van der Waals surface area contributed by atoms with Gasteiger partial charge in [-0.1, -0.05) is 12.1 Å². The van der Waals surface area contributed by atoms with Crippen LogP contribution in [0.1, 0.15) is 18.4 Å². The third-order valence-corrected chi connectivity index (χ3v) is 4.95. The Morgan fingerprint density at radius 2 is 2.04 bits per heavy atom. The maximum atomic E-state index is 5.98. The molecule has 1 aliphatic carbocycles. The number of nitrogens with zero attached hydrogens (tertiary/aromatic N) is 2. The minimum atomic E-state index is 0.586. The average Bonchev–Trinajstić information content (AvgIpc) is 3.36. The molecular weight excluding hydrogens is 318 g/mol. The van der Waals surface area contributed by atoms with Crippen molar-refractivity contribution in [1.82, 2.24) is 9.97 Å². The molecule has 1 aromatic carbocycles. The van der Waals surface area contributed by atoms with Gasteiger partial charge in [0.25, 0.3) is 0 Å². The Morgan fingerprint density at radius 1 is 1.21 bits per heavy atom. The Labute approximate surface area is 144 Å². The van der Waals surface area contributed by atoms with E-state index in [-0.39, 0.29) is 0 Å². The first kappa shape index (κ1) is 15.0. The molecule has 1 saturated carbocycles. The summed E-state index contributed by atoms with van der Waals surface area (Å²) < 4.78 is 0. The number of fused-ring (bicyclic) bond motifs is 1. The normalized spacial score (nSPS) is 14.8. The standard InChI is InChI=1S/C18H19N5S/c19-16(13-3-4-13)10-20-14-5-1-12(2-6-14)9-21-17-15-7-8-24-18(15)23-11-22-17/h1-2,5-8,10-11,13,20H,3-4,9,19H2,(H,21,22,23)/b16-10-. The largest absolute Gasteiger partial charge is 0.401 e. The Bertz CT molecular complexity index is 865. The molecule has 2 heterocycles. The molecule has 0 aliphatic heterocycles. The molecule has 4 rings (SSSR count). The molecule has 1 aliphatic rings. The second-order valence-corrected chi connectivity index (χ2v) is 6.87. The number of hydrogen-bond acceptors (Lipinski definition) is 6. The number of anilines is 2. The maximum Gasteiger partial charge on any atom is 0.138 e. The van der Waals surface area contributed by atoms with Crippen LogP contribution >= 0.6 is 11.3 Å². The van der Waals surface area contributed by atoms with E-state index in [1.54, 1.807) is 17.7 Å². The van der Waals surface area contributed by atoms with Gasteiger partial charge in [-0.15, -0.1) is 11.3 Å². The molecular formula is C18H19N5S. The lowest BCUT2D eigenvalue weighted by Gasteiger charge is -2.08. The van der Waals surface area contributed by atoms with E-state index in [0.29, 0.717) is 5.92 Å². The monoisotopic (exact) mass is 337 g/mol. The first-order valence-corrected chi connectivity index (χ1v) is 8.90. The lowest BCUT2D eigenvalue weighted by molar-refractivity contribution is 0.976. The zero-order valence-electron chi connectivity index (χ0n) is 13.2. The second kappa shape index (κ2) is 6.49. The molecule has 0 saturated heterocycles. The molecule has 24 heavy (non-hydrogen) atoms. The highest BCUT2D eigenvalue weighted by Gasteiger charge is 2.23. The predicted octanol–water partition coefficient (Wildman–Crippen LogP) is 3.93. The van der Waals surface area contributed by atoms with Crippen molar-refractivity contribution in [2.45, 2.75) is 19.4 Å². The molecule has 6 heteroatoms. The van der Waals surface area contributed by atoms with Crippen molar-refractivity contribution >= 4 is 33.1 Å². The van der Waals surface area contributed by atoms with E-state index >= 15 is 0 Å².